The van der Waals surface area contributed by atoms with Crippen LogP contribution in [0.3, 0.4) is 0 Å². The summed E-state index contributed by atoms with van der Waals surface area (Å²) in [4.78, 5) is 14.1. The van der Waals surface area contributed by atoms with Gasteiger partial charge in [-0.15, -0.1) is 0 Å². The van der Waals surface area contributed by atoms with Gasteiger partial charge in [0.05, 0.1) is 6.04 Å². The summed E-state index contributed by atoms with van der Waals surface area (Å²) in [5.41, 5.74) is 0. The molecule has 0 radical (unpaired) electrons. The molecule has 4 nitrogen and oxygen atoms in total. The number of likely N-dealkylation sites (N-methyl/N-ethyl adjacent to an activating group) is 1. The Morgan fingerprint density at radius 3 is 2.65 bits per heavy atom. The summed E-state index contributed by atoms with van der Waals surface area (Å²) in [6.45, 7) is 6.16. The van der Waals surface area contributed by atoms with Gasteiger partial charge >= 0.3 is 0 Å². The van der Waals surface area contributed by atoms with Crippen molar-refractivity contribution < 1.29 is 4.79 Å². The Kier molecular flexibility index (Phi) is 5.92. The van der Waals surface area contributed by atoms with Gasteiger partial charge in [0.2, 0.25) is 5.91 Å². The molecule has 0 aromatic rings. The number of nitrogens with zero attached hydrogens (tertiary/aromatic N) is 1. The van der Waals surface area contributed by atoms with Gasteiger partial charge in [-0.2, -0.15) is 0 Å². The van der Waals surface area contributed by atoms with Gasteiger partial charge in [-0.25, -0.2) is 0 Å². The van der Waals surface area contributed by atoms with Crippen molar-refractivity contribution in [2.45, 2.75) is 45.2 Å². The molecule has 0 aromatic heterocycles. The van der Waals surface area contributed by atoms with E-state index < -0.39 is 0 Å². The van der Waals surface area contributed by atoms with Crippen LogP contribution in [0.1, 0.15) is 33.1 Å². The van der Waals surface area contributed by atoms with Crippen LogP contribution in [0.4, 0.5) is 0 Å². The van der Waals surface area contributed by atoms with E-state index in [9.17, 15) is 4.79 Å². The summed E-state index contributed by atoms with van der Waals surface area (Å²) in [6.07, 6.45) is 3.20. The second-order valence-electron chi connectivity index (χ2n) is 5.64. The van der Waals surface area contributed by atoms with E-state index in [2.05, 4.69) is 43.5 Å². The van der Waals surface area contributed by atoms with Crippen molar-refractivity contribution in [1.82, 2.24) is 15.5 Å². The molecule has 1 amide bonds. The van der Waals surface area contributed by atoms with E-state index in [0.29, 0.717) is 12.0 Å². The second kappa shape index (κ2) is 6.97. The Morgan fingerprint density at radius 2 is 2.18 bits per heavy atom. The lowest BCUT2D eigenvalue weighted by Gasteiger charge is -2.26. The topological polar surface area (TPSA) is 44.4 Å². The Morgan fingerprint density at radius 1 is 1.47 bits per heavy atom. The molecule has 1 aliphatic heterocycles. The van der Waals surface area contributed by atoms with Gasteiger partial charge in [0.15, 0.2) is 0 Å². The molecule has 1 aliphatic rings. The van der Waals surface area contributed by atoms with Gasteiger partial charge in [0, 0.05) is 12.6 Å². The molecule has 1 fully saturated rings. The van der Waals surface area contributed by atoms with Crippen LogP contribution in [0.2, 0.25) is 0 Å². The maximum atomic E-state index is 11.9. The fraction of sp³-hybridized carbons (Fsp3) is 0.923. The van der Waals surface area contributed by atoms with Gasteiger partial charge < -0.3 is 15.5 Å². The highest BCUT2D eigenvalue weighted by atomic mass is 16.2. The van der Waals surface area contributed by atoms with Crippen LogP contribution in [0.15, 0.2) is 0 Å². The van der Waals surface area contributed by atoms with E-state index in [-0.39, 0.29) is 11.9 Å². The van der Waals surface area contributed by atoms with Crippen LogP contribution in [-0.2, 0) is 4.79 Å². The minimum atomic E-state index is 0.0388. The molecule has 2 atom stereocenters. The third kappa shape index (κ3) is 5.04. The number of carbonyl (C=O) groups is 1. The number of rotatable bonds is 6. The van der Waals surface area contributed by atoms with Crippen molar-refractivity contribution in [3.05, 3.63) is 0 Å². The number of amides is 1. The highest BCUT2D eigenvalue weighted by Gasteiger charge is 2.23. The van der Waals surface area contributed by atoms with Gasteiger partial charge in [-0.1, -0.05) is 13.8 Å². The summed E-state index contributed by atoms with van der Waals surface area (Å²) >= 11 is 0. The first kappa shape index (κ1) is 14.5. The first-order valence-corrected chi connectivity index (χ1v) is 6.68. The average molecular weight is 241 g/mol. The summed E-state index contributed by atoms with van der Waals surface area (Å²) in [7, 11) is 4.15. The lowest BCUT2D eigenvalue weighted by atomic mass is 10.0. The third-order valence-corrected chi connectivity index (χ3v) is 3.36. The zero-order valence-corrected chi connectivity index (χ0v) is 11.6. The molecule has 1 saturated heterocycles. The predicted molar refractivity (Wildman–Crippen MR) is 71.0 cm³/mol. The van der Waals surface area contributed by atoms with Gasteiger partial charge in [-0.3, -0.25) is 4.79 Å². The van der Waals surface area contributed by atoms with Crippen LogP contribution in [0.5, 0.6) is 0 Å². The molecular formula is C13H27N3O. The SMILES string of the molecule is CC(C)CC(CNC(=O)C1CCCN1)N(C)C. The first-order chi connectivity index (χ1) is 8.00. The van der Waals surface area contributed by atoms with Crippen molar-refractivity contribution >= 4 is 5.91 Å². The Bertz CT molecular complexity index is 235. The molecule has 0 saturated carbocycles. The summed E-state index contributed by atoms with van der Waals surface area (Å²) in [6, 6.07) is 0.470. The van der Waals surface area contributed by atoms with Crippen molar-refractivity contribution in [2.24, 2.45) is 5.92 Å². The molecule has 1 rings (SSSR count). The Labute approximate surface area is 105 Å². The summed E-state index contributed by atoms with van der Waals surface area (Å²) in [5.74, 6) is 0.821. The van der Waals surface area contributed by atoms with E-state index in [1.165, 1.54) is 0 Å². The first-order valence-electron chi connectivity index (χ1n) is 6.68. The molecule has 2 unspecified atom stereocenters. The fourth-order valence-electron chi connectivity index (χ4n) is 2.27. The maximum Gasteiger partial charge on any atom is 0.237 e. The van der Waals surface area contributed by atoms with E-state index >= 15 is 0 Å². The standard InChI is InChI=1S/C13H27N3O/c1-10(2)8-11(16(3)4)9-15-13(17)12-6-5-7-14-12/h10-12,14H,5-9H2,1-4H3,(H,15,17). The second-order valence-corrected chi connectivity index (χ2v) is 5.64. The van der Waals surface area contributed by atoms with Crippen LogP contribution >= 0.6 is 0 Å². The Balaban J connectivity index is 2.32. The Hall–Kier alpha value is -0.610. The van der Waals surface area contributed by atoms with Crippen LogP contribution in [-0.4, -0.2) is 50.1 Å². The maximum absolute atomic E-state index is 11.9. The largest absolute Gasteiger partial charge is 0.353 e. The van der Waals surface area contributed by atoms with Gasteiger partial charge in [-0.05, 0) is 45.8 Å². The molecule has 0 spiro atoms. The molecular weight excluding hydrogens is 214 g/mol. The van der Waals surface area contributed by atoms with Crippen LogP contribution in [0, 0.1) is 5.92 Å². The molecule has 100 valence electrons. The monoisotopic (exact) mass is 241 g/mol. The number of nitrogens with one attached hydrogen (secondary N) is 2. The lowest BCUT2D eigenvalue weighted by Crippen LogP contribution is -2.46. The molecule has 4 heteroatoms. The average Bonchev–Trinajstić information content (AvgIpc) is 2.76. The highest BCUT2D eigenvalue weighted by molar-refractivity contribution is 5.82. The third-order valence-electron chi connectivity index (χ3n) is 3.36. The summed E-state index contributed by atoms with van der Waals surface area (Å²) in [5, 5.41) is 6.29. The zero-order chi connectivity index (χ0) is 12.8. The molecule has 17 heavy (non-hydrogen) atoms. The minimum absolute atomic E-state index is 0.0388. The highest BCUT2D eigenvalue weighted by Crippen LogP contribution is 2.09. The van der Waals surface area contributed by atoms with E-state index in [0.717, 1.165) is 32.4 Å². The molecule has 0 bridgehead atoms. The quantitative estimate of drug-likeness (QED) is 0.724. The van der Waals surface area contributed by atoms with Gasteiger partial charge in [0.25, 0.3) is 0 Å². The van der Waals surface area contributed by atoms with Crippen LogP contribution < -0.4 is 10.6 Å². The predicted octanol–water partition coefficient (Wildman–Crippen LogP) is 0.831. The van der Waals surface area contributed by atoms with Crippen molar-refractivity contribution in [3.8, 4) is 0 Å². The zero-order valence-electron chi connectivity index (χ0n) is 11.6. The van der Waals surface area contributed by atoms with Crippen molar-refractivity contribution in [1.29, 1.82) is 0 Å². The van der Waals surface area contributed by atoms with Crippen molar-refractivity contribution in [2.75, 3.05) is 27.2 Å². The molecule has 1 heterocycles. The van der Waals surface area contributed by atoms with E-state index in [1.807, 2.05) is 0 Å². The number of hydrogen-bond donors (Lipinski definition) is 2. The smallest absolute Gasteiger partial charge is 0.237 e. The number of hydrogen-bond acceptors (Lipinski definition) is 3. The normalized spacial score (nSPS) is 22.1. The molecule has 2 N–H and O–H groups in total. The molecule has 0 aromatic carbocycles. The lowest BCUT2D eigenvalue weighted by molar-refractivity contribution is -0.123. The minimum Gasteiger partial charge on any atom is -0.353 e. The number of carbonyl (C=O) groups excluding carboxylic acids is 1. The molecule has 0 aliphatic carbocycles. The van der Waals surface area contributed by atoms with E-state index in [1.54, 1.807) is 0 Å². The van der Waals surface area contributed by atoms with Gasteiger partial charge in [0.1, 0.15) is 0 Å². The van der Waals surface area contributed by atoms with E-state index in [4.69, 9.17) is 0 Å². The van der Waals surface area contributed by atoms with Crippen molar-refractivity contribution in [3.63, 3.8) is 0 Å². The summed E-state index contributed by atoms with van der Waals surface area (Å²) < 4.78 is 0. The fourth-order valence-corrected chi connectivity index (χ4v) is 2.27. The van der Waals surface area contributed by atoms with Crippen LogP contribution in [0.25, 0.3) is 0 Å².